The van der Waals surface area contributed by atoms with Gasteiger partial charge in [0.2, 0.25) is 5.91 Å². The average Bonchev–Trinajstić information content (AvgIpc) is 2.73. The summed E-state index contributed by atoms with van der Waals surface area (Å²) in [6, 6.07) is 18.7. The molecule has 0 spiro atoms. The van der Waals surface area contributed by atoms with Crippen molar-refractivity contribution >= 4 is 17.6 Å². The van der Waals surface area contributed by atoms with Crippen LogP contribution in [0.1, 0.15) is 19.4 Å². The number of amides is 3. The van der Waals surface area contributed by atoms with Crippen molar-refractivity contribution in [3.8, 4) is 0 Å². The monoisotopic (exact) mass is 394 g/mol. The number of carbonyl (C=O) groups excluding carboxylic acids is 2. The summed E-state index contributed by atoms with van der Waals surface area (Å²) in [6.45, 7) is 7.83. The molecule has 2 N–H and O–H groups in total. The zero-order chi connectivity index (χ0) is 20.6. The van der Waals surface area contributed by atoms with Crippen molar-refractivity contribution < 1.29 is 9.59 Å². The Hall–Kier alpha value is -2.86. The van der Waals surface area contributed by atoms with Crippen LogP contribution >= 0.6 is 0 Å². The van der Waals surface area contributed by atoms with Gasteiger partial charge in [0.05, 0.1) is 0 Å². The first kappa shape index (κ1) is 20.9. The van der Waals surface area contributed by atoms with Crippen molar-refractivity contribution in [1.82, 2.24) is 15.1 Å². The van der Waals surface area contributed by atoms with Crippen LogP contribution in [-0.2, 0) is 11.3 Å². The van der Waals surface area contributed by atoms with E-state index in [1.165, 1.54) is 5.56 Å². The molecule has 2 aromatic carbocycles. The minimum Gasteiger partial charge on any atom is -0.338 e. The summed E-state index contributed by atoms with van der Waals surface area (Å²) in [4.78, 5) is 29.7. The second-order valence-electron chi connectivity index (χ2n) is 7.77. The molecule has 0 saturated carbocycles. The van der Waals surface area contributed by atoms with Crippen molar-refractivity contribution in [2.24, 2.45) is 5.92 Å². The summed E-state index contributed by atoms with van der Waals surface area (Å²) in [5.74, 6) is -0.00561. The molecule has 1 fully saturated rings. The van der Waals surface area contributed by atoms with Crippen molar-refractivity contribution in [1.29, 1.82) is 0 Å². The van der Waals surface area contributed by atoms with Gasteiger partial charge in [-0.2, -0.15) is 0 Å². The molecule has 0 aromatic heterocycles. The van der Waals surface area contributed by atoms with Gasteiger partial charge in [-0.05, 0) is 23.6 Å². The summed E-state index contributed by atoms with van der Waals surface area (Å²) in [7, 11) is 0. The molecule has 1 atom stereocenters. The average molecular weight is 395 g/mol. The minimum absolute atomic E-state index is 0.00590. The van der Waals surface area contributed by atoms with Crippen molar-refractivity contribution in [3.05, 3.63) is 66.2 Å². The molecule has 6 nitrogen and oxygen atoms in total. The maximum atomic E-state index is 13.1. The number of rotatable bonds is 6. The highest BCUT2D eigenvalue weighted by molar-refractivity contribution is 5.93. The van der Waals surface area contributed by atoms with Crippen molar-refractivity contribution in [2.75, 3.05) is 31.5 Å². The number of urea groups is 1. The number of benzene rings is 2. The van der Waals surface area contributed by atoms with E-state index in [2.05, 4.69) is 39.8 Å². The van der Waals surface area contributed by atoms with Crippen LogP contribution in [0.2, 0.25) is 0 Å². The van der Waals surface area contributed by atoms with Gasteiger partial charge in [0, 0.05) is 38.4 Å². The molecule has 0 unspecified atom stereocenters. The minimum atomic E-state index is -0.542. The summed E-state index contributed by atoms with van der Waals surface area (Å²) in [5, 5.41) is 5.65. The number of nitrogens with zero attached hydrogens (tertiary/aromatic N) is 2. The molecule has 154 valence electrons. The molecular weight excluding hydrogens is 364 g/mol. The Bertz CT molecular complexity index is 787. The maximum absolute atomic E-state index is 13.1. The lowest BCUT2D eigenvalue weighted by Crippen LogP contribution is -2.56. The van der Waals surface area contributed by atoms with E-state index in [0.717, 1.165) is 19.6 Å². The van der Waals surface area contributed by atoms with Crippen LogP contribution in [0.15, 0.2) is 60.7 Å². The predicted molar refractivity (Wildman–Crippen MR) is 116 cm³/mol. The highest BCUT2D eigenvalue weighted by Crippen LogP contribution is 2.13. The van der Waals surface area contributed by atoms with Gasteiger partial charge in [-0.15, -0.1) is 0 Å². The molecule has 0 aliphatic carbocycles. The van der Waals surface area contributed by atoms with Crippen LogP contribution in [0.25, 0.3) is 0 Å². The molecule has 1 heterocycles. The van der Waals surface area contributed by atoms with E-state index in [9.17, 15) is 9.59 Å². The Kier molecular flexibility index (Phi) is 7.25. The van der Waals surface area contributed by atoms with Crippen molar-refractivity contribution in [2.45, 2.75) is 26.4 Å². The first-order valence-electron chi connectivity index (χ1n) is 10.2. The SMILES string of the molecule is CC(C)[C@@H](NC(=O)Nc1ccccc1)C(=O)N1CCN(Cc2ccccc2)CC1. The van der Waals surface area contributed by atoms with E-state index >= 15 is 0 Å². The molecule has 3 amide bonds. The van der Waals surface area contributed by atoms with Gasteiger partial charge in [-0.25, -0.2) is 4.79 Å². The fraction of sp³-hybridized carbons (Fsp3) is 0.391. The number of nitrogens with one attached hydrogen (secondary N) is 2. The summed E-state index contributed by atoms with van der Waals surface area (Å²) < 4.78 is 0. The number of carbonyl (C=O) groups is 2. The molecule has 0 bridgehead atoms. The van der Waals surface area contributed by atoms with E-state index in [0.29, 0.717) is 18.8 Å². The Morgan fingerprint density at radius 1 is 0.897 bits per heavy atom. The van der Waals surface area contributed by atoms with Crippen LogP contribution in [0.5, 0.6) is 0 Å². The highest BCUT2D eigenvalue weighted by atomic mass is 16.2. The second kappa shape index (κ2) is 10.1. The molecule has 0 radical (unpaired) electrons. The lowest BCUT2D eigenvalue weighted by atomic mass is 10.0. The number of piperazine rings is 1. The van der Waals surface area contributed by atoms with Gasteiger partial charge in [-0.1, -0.05) is 62.4 Å². The van der Waals surface area contributed by atoms with Crippen LogP contribution < -0.4 is 10.6 Å². The summed E-state index contributed by atoms with van der Waals surface area (Å²) in [6.07, 6.45) is 0. The van der Waals surface area contributed by atoms with Gasteiger partial charge in [0.25, 0.3) is 0 Å². The van der Waals surface area contributed by atoms with Crippen LogP contribution in [0, 0.1) is 5.92 Å². The fourth-order valence-electron chi connectivity index (χ4n) is 3.51. The van der Waals surface area contributed by atoms with E-state index in [4.69, 9.17) is 0 Å². The van der Waals surface area contributed by atoms with Gasteiger partial charge < -0.3 is 15.5 Å². The molecule has 6 heteroatoms. The van der Waals surface area contributed by atoms with Crippen LogP contribution in [0.4, 0.5) is 10.5 Å². The topological polar surface area (TPSA) is 64.7 Å². The standard InChI is InChI=1S/C23H30N4O2/c1-18(2)21(25-23(29)24-20-11-7-4-8-12-20)22(28)27-15-13-26(14-16-27)17-19-9-5-3-6-10-19/h3-12,18,21H,13-17H2,1-2H3,(H2,24,25,29)/t21-/m1/s1. The van der Waals surface area contributed by atoms with Crippen molar-refractivity contribution in [3.63, 3.8) is 0 Å². The summed E-state index contributed by atoms with van der Waals surface area (Å²) in [5.41, 5.74) is 1.99. The third-order valence-electron chi connectivity index (χ3n) is 5.18. The number of para-hydroxylation sites is 1. The second-order valence-corrected chi connectivity index (χ2v) is 7.77. The summed E-state index contributed by atoms with van der Waals surface area (Å²) >= 11 is 0. The van der Waals surface area contributed by atoms with Gasteiger partial charge >= 0.3 is 6.03 Å². The largest absolute Gasteiger partial charge is 0.338 e. The highest BCUT2D eigenvalue weighted by Gasteiger charge is 2.30. The molecule has 1 aliphatic heterocycles. The first-order valence-corrected chi connectivity index (χ1v) is 10.2. The van der Waals surface area contributed by atoms with E-state index in [1.54, 1.807) is 0 Å². The quantitative estimate of drug-likeness (QED) is 0.791. The number of anilines is 1. The van der Waals surface area contributed by atoms with Crippen LogP contribution in [-0.4, -0.2) is 54.0 Å². The third-order valence-corrected chi connectivity index (χ3v) is 5.18. The van der Waals surface area contributed by atoms with E-state index < -0.39 is 6.04 Å². The maximum Gasteiger partial charge on any atom is 0.319 e. The molecular formula is C23H30N4O2. The lowest BCUT2D eigenvalue weighted by Gasteiger charge is -2.37. The Labute approximate surface area is 172 Å². The number of hydrogen-bond acceptors (Lipinski definition) is 3. The Morgan fingerprint density at radius 3 is 2.07 bits per heavy atom. The molecule has 1 saturated heterocycles. The van der Waals surface area contributed by atoms with Crippen LogP contribution in [0.3, 0.4) is 0 Å². The molecule has 3 rings (SSSR count). The lowest BCUT2D eigenvalue weighted by molar-refractivity contribution is -0.136. The molecule has 2 aromatic rings. The van der Waals surface area contributed by atoms with Gasteiger partial charge in [-0.3, -0.25) is 9.69 Å². The fourth-order valence-corrected chi connectivity index (χ4v) is 3.51. The Balaban J connectivity index is 1.52. The smallest absolute Gasteiger partial charge is 0.319 e. The first-order chi connectivity index (χ1) is 14.0. The van der Waals surface area contributed by atoms with Gasteiger partial charge in [0.1, 0.15) is 6.04 Å². The normalized spacial score (nSPS) is 15.8. The zero-order valence-corrected chi connectivity index (χ0v) is 17.2. The van der Waals surface area contributed by atoms with E-state index in [1.807, 2.05) is 55.1 Å². The molecule has 1 aliphatic rings. The van der Waals surface area contributed by atoms with E-state index in [-0.39, 0.29) is 17.9 Å². The zero-order valence-electron chi connectivity index (χ0n) is 17.2. The third kappa shape index (κ3) is 6.06. The van der Waals surface area contributed by atoms with Gasteiger partial charge in [0.15, 0.2) is 0 Å². The predicted octanol–water partition coefficient (Wildman–Crippen LogP) is 3.18. The Morgan fingerprint density at radius 2 is 1.48 bits per heavy atom. The molecule has 29 heavy (non-hydrogen) atoms. The number of hydrogen-bond donors (Lipinski definition) is 2.